The van der Waals surface area contributed by atoms with Crippen LogP contribution in [0.4, 0.5) is 0 Å². The number of amides is 1. The van der Waals surface area contributed by atoms with Crippen LogP contribution in [0, 0.1) is 0 Å². The van der Waals surface area contributed by atoms with Gasteiger partial charge in [0, 0.05) is 6.61 Å². The summed E-state index contributed by atoms with van der Waals surface area (Å²) in [5.41, 5.74) is 2.50. The molecule has 0 saturated carbocycles. The molecule has 0 aliphatic carbocycles. The summed E-state index contributed by atoms with van der Waals surface area (Å²) < 4.78 is 5.25. The van der Waals surface area contributed by atoms with Gasteiger partial charge in [-0.3, -0.25) is 9.63 Å². The highest BCUT2D eigenvalue weighted by atomic mass is 16.7. The van der Waals surface area contributed by atoms with E-state index in [9.17, 15) is 4.79 Å². The summed E-state index contributed by atoms with van der Waals surface area (Å²) in [6.07, 6.45) is 3.52. The van der Waals surface area contributed by atoms with E-state index in [0.29, 0.717) is 6.61 Å². The van der Waals surface area contributed by atoms with Crippen LogP contribution in [0.2, 0.25) is 0 Å². The molecule has 0 spiro atoms. The number of piperidine rings is 1. The minimum atomic E-state index is -0.299. The third-order valence-corrected chi connectivity index (χ3v) is 2.83. The third-order valence-electron chi connectivity index (χ3n) is 2.83. The van der Waals surface area contributed by atoms with Crippen LogP contribution in [-0.4, -0.2) is 37.8 Å². The zero-order valence-corrected chi connectivity index (χ0v) is 8.83. The molecule has 0 radical (unpaired) electrons. The van der Waals surface area contributed by atoms with Gasteiger partial charge in [-0.25, -0.2) is 5.48 Å². The summed E-state index contributed by atoms with van der Waals surface area (Å²) in [4.78, 5) is 16.8. The molecular weight excluding hydrogens is 196 g/mol. The molecule has 2 N–H and O–H groups in total. The second kappa shape index (κ2) is 5.44. The van der Waals surface area contributed by atoms with Crippen molar-refractivity contribution in [3.05, 3.63) is 0 Å². The number of hydrogen-bond acceptors (Lipinski definition) is 4. The molecule has 5 nitrogen and oxygen atoms in total. The zero-order valence-electron chi connectivity index (χ0n) is 8.83. The molecule has 1 atom stereocenters. The van der Waals surface area contributed by atoms with Crippen LogP contribution in [0.1, 0.15) is 25.7 Å². The Morgan fingerprint density at radius 1 is 1.33 bits per heavy atom. The van der Waals surface area contributed by atoms with E-state index in [4.69, 9.17) is 9.57 Å². The van der Waals surface area contributed by atoms with Gasteiger partial charge in [-0.1, -0.05) is 0 Å². The lowest BCUT2D eigenvalue weighted by molar-refractivity contribution is -0.149. The van der Waals surface area contributed by atoms with E-state index in [1.807, 2.05) is 0 Å². The number of hydroxylamine groups is 1. The van der Waals surface area contributed by atoms with Gasteiger partial charge in [0.15, 0.2) is 0 Å². The monoisotopic (exact) mass is 214 g/mol. The van der Waals surface area contributed by atoms with Gasteiger partial charge >= 0.3 is 0 Å². The van der Waals surface area contributed by atoms with Gasteiger partial charge in [-0.15, -0.1) is 0 Å². The van der Waals surface area contributed by atoms with E-state index in [1.165, 1.54) is 0 Å². The molecular formula is C10H18N2O3. The largest absolute Gasteiger partial charge is 0.368 e. The maximum atomic E-state index is 11.5. The molecule has 0 bridgehead atoms. The fourth-order valence-electron chi connectivity index (χ4n) is 1.90. The van der Waals surface area contributed by atoms with Crippen molar-refractivity contribution in [2.24, 2.45) is 0 Å². The summed E-state index contributed by atoms with van der Waals surface area (Å²) in [6, 6.07) is 0. The summed E-state index contributed by atoms with van der Waals surface area (Å²) >= 11 is 0. The topological polar surface area (TPSA) is 59.6 Å². The quantitative estimate of drug-likeness (QED) is 0.647. The molecule has 2 rings (SSSR count). The zero-order chi connectivity index (χ0) is 10.5. The van der Waals surface area contributed by atoms with Crippen LogP contribution in [0.5, 0.6) is 0 Å². The maximum Gasteiger partial charge on any atom is 0.272 e. The summed E-state index contributed by atoms with van der Waals surface area (Å²) in [7, 11) is 0. The van der Waals surface area contributed by atoms with Crippen LogP contribution in [0.15, 0.2) is 0 Å². The standard InChI is InChI=1S/C10H18N2O3/c13-10(9-2-1-7-14-9)12-15-8-3-5-11-6-4-8/h8-9,11H,1-7H2,(H,12,13). The molecule has 15 heavy (non-hydrogen) atoms. The Balaban J connectivity index is 1.65. The van der Waals surface area contributed by atoms with Gasteiger partial charge < -0.3 is 10.1 Å². The lowest BCUT2D eigenvalue weighted by Crippen LogP contribution is -2.40. The average molecular weight is 214 g/mol. The molecule has 2 saturated heterocycles. The van der Waals surface area contributed by atoms with E-state index in [0.717, 1.165) is 38.8 Å². The first-order chi connectivity index (χ1) is 7.36. The highest BCUT2D eigenvalue weighted by molar-refractivity contribution is 5.79. The van der Waals surface area contributed by atoms with Crippen LogP contribution in [-0.2, 0) is 14.4 Å². The van der Waals surface area contributed by atoms with Crippen molar-refractivity contribution in [3.63, 3.8) is 0 Å². The predicted molar refractivity (Wildman–Crippen MR) is 54.1 cm³/mol. The smallest absolute Gasteiger partial charge is 0.272 e. The van der Waals surface area contributed by atoms with Crippen molar-refractivity contribution in [3.8, 4) is 0 Å². The van der Waals surface area contributed by atoms with E-state index in [2.05, 4.69) is 10.8 Å². The van der Waals surface area contributed by atoms with Gasteiger partial charge in [0.2, 0.25) is 0 Å². The minimum Gasteiger partial charge on any atom is -0.368 e. The van der Waals surface area contributed by atoms with Crippen molar-refractivity contribution in [1.29, 1.82) is 0 Å². The molecule has 0 aromatic carbocycles. The molecule has 2 fully saturated rings. The lowest BCUT2D eigenvalue weighted by atomic mass is 10.1. The van der Waals surface area contributed by atoms with Crippen molar-refractivity contribution >= 4 is 5.91 Å². The van der Waals surface area contributed by atoms with Crippen molar-refractivity contribution in [2.45, 2.75) is 37.9 Å². The molecule has 0 aromatic heterocycles. The number of rotatable bonds is 3. The van der Waals surface area contributed by atoms with Crippen LogP contribution >= 0.6 is 0 Å². The Hall–Kier alpha value is -0.650. The Bertz CT molecular complexity index is 211. The number of hydrogen-bond donors (Lipinski definition) is 2. The molecule has 1 unspecified atom stereocenters. The summed E-state index contributed by atoms with van der Waals surface area (Å²) in [5.74, 6) is -0.133. The van der Waals surface area contributed by atoms with E-state index < -0.39 is 0 Å². The Labute approximate surface area is 89.5 Å². The summed E-state index contributed by atoms with van der Waals surface area (Å²) in [5, 5.41) is 3.24. The lowest BCUT2D eigenvalue weighted by Gasteiger charge is -2.23. The van der Waals surface area contributed by atoms with Gasteiger partial charge in [0.1, 0.15) is 6.10 Å². The first kappa shape index (κ1) is 10.9. The SMILES string of the molecule is O=C(NOC1CCNCC1)C1CCCO1. The Kier molecular flexibility index (Phi) is 3.94. The summed E-state index contributed by atoms with van der Waals surface area (Å²) in [6.45, 7) is 2.60. The maximum absolute atomic E-state index is 11.5. The number of ether oxygens (including phenoxy) is 1. The Morgan fingerprint density at radius 2 is 2.13 bits per heavy atom. The van der Waals surface area contributed by atoms with Gasteiger partial charge in [0.25, 0.3) is 5.91 Å². The highest BCUT2D eigenvalue weighted by Crippen LogP contribution is 2.12. The first-order valence-electron chi connectivity index (χ1n) is 5.64. The molecule has 86 valence electrons. The van der Waals surface area contributed by atoms with E-state index in [-0.39, 0.29) is 18.1 Å². The predicted octanol–water partition coefficient (Wildman–Crippen LogP) is -0.0348. The third kappa shape index (κ3) is 3.15. The van der Waals surface area contributed by atoms with E-state index >= 15 is 0 Å². The van der Waals surface area contributed by atoms with Crippen molar-refractivity contribution in [2.75, 3.05) is 19.7 Å². The molecule has 2 aliphatic rings. The Morgan fingerprint density at radius 3 is 2.80 bits per heavy atom. The van der Waals surface area contributed by atoms with Crippen LogP contribution in [0.25, 0.3) is 0 Å². The van der Waals surface area contributed by atoms with Crippen LogP contribution < -0.4 is 10.8 Å². The van der Waals surface area contributed by atoms with Gasteiger partial charge in [0.05, 0.1) is 6.10 Å². The highest BCUT2D eigenvalue weighted by Gasteiger charge is 2.24. The van der Waals surface area contributed by atoms with Gasteiger partial charge in [-0.2, -0.15) is 0 Å². The second-order valence-corrected chi connectivity index (χ2v) is 4.04. The molecule has 2 aliphatic heterocycles. The minimum absolute atomic E-state index is 0.133. The molecule has 1 amide bonds. The average Bonchev–Trinajstić information content (AvgIpc) is 2.81. The second-order valence-electron chi connectivity index (χ2n) is 4.04. The molecule has 2 heterocycles. The van der Waals surface area contributed by atoms with Gasteiger partial charge in [-0.05, 0) is 38.8 Å². The number of carbonyl (C=O) groups is 1. The normalized spacial score (nSPS) is 27.9. The van der Waals surface area contributed by atoms with E-state index in [1.54, 1.807) is 0 Å². The fraction of sp³-hybridized carbons (Fsp3) is 0.900. The fourth-order valence-corrected chi connectivity index (χ4v) is 1.90. The first-order valence-corrected chi connectivity index (χ1v) is 5.64. The van der Waals surface area contributed by atoms with Crippen LogP contribution in [0.3, 0.4) is 0 Å². The van der Waals surface area contributed by atoms with Crippen molar-refractivity contribution in [1.82, 2.24) is 10.8 Å². The number of carbonyl (C=O) groups excluding carboxylic acids is 1. The molecule has 0 aromatic rings. The van der Waals surface area contributed by atoms with Crippen molar-refractivity contribution < 1.29 is 14.4 Å². The molecule has 5 heteroatoms. The number of nitrogens with one attached hydrogen (secondary N) is 2.